The molecule has 1 N–H and O–H groups in total. The molecule has 3 aromatic rings. The van der Waals surface area contributed by atoms with Gasteiger partial charge in [0.2, 0.25) is 0 Å². The number of hydrogen-bond acceptors (Lipinski definition) is 3. The Labute approximate surface area is 202 Å². The van der Waals surface area contributed by atoms with E-state index in [0.29, 0.717) is 17.2 Å². The molecule has 0 spiro atoms. The average molecular weight is 476 g/mol. The molecule has 7 heteroatoms. The lowest BCUT2D eigenvalue weighted by molar-refractivity contribution is -0.137. The van der Waals surface area contributed by atoms with Crippen molar-refractivity contribution in [3.63, 3.8) is 0 Å². The summed E-state index contributed by atoms with van der Waals surface area (Å²) >= 11 is 0. The zero-order valence-electron chi connectivity index (χ0n) is 19.4. The van der Waals surface area contributed by atoms with Gasteiger partial charge in [0.25, 0.3) is 5.91 Å². The molecule has 178 valence electrons. The van der Waals surface area contributed by atoms with Gasteiger partial charge in [-0.2, -0.15) is 13.2 Å². The van der Waals surface area contributed by atoms with E-state index in [0.717, 1.165) is 54.4 Å². The Hall–Kier alpha value is -3.92. The molecular weight excluding hydrogens is 451 g/mol. The highest BCUT2D eigenvalue weighted by Crippen LogP contribution is 2.36. The molecule has 35 heavy (non-hydrogen) atoms. The number of hydrogen-bond donors (Lipinski definition) is 1. The molecule has 1 amide bonds. The number of amides is 1. The Balaban J connectivity index is 1.54. The van der Waals surface area contributed by atoms with Gasteiger partial charge in [-0.05, 0) is 73.2 Å². The van der Waals surface area contributed by atoms with Crippen molar-refractivity contribution in [1.82, 2.24) is 4.98 Å². The normalized spacial score (nSPS) is 14.6. The Morgan fingerprint density at radius 3 is 2.71 bits per heavy atom. The SMILES string of the molecule is CCCC1CC=Nc2cc(C#Cc3cc(NC(=O)c4cc(C(F)(F)F)ccn4)ccc3C)ccc21. The van der Waals surface area contributed by atoms with Gasteiger partial charge in [-0.1, -0.05) is 37.3 Å². The number of aryl methyl sites for hydroxylation is 1. The van der Waals surface area contributed by atoms with Crippen LogP contribution in [0.15, 0.2) is 59.7 Å². The van der Waals surface area contributed by atoms with Gasteiger partial charge >= 0.3 is 6.18 Å². The third-order valence-corrected chi connectivity index (χ3v) is 5.88. The number of fused-ring (bicyclic) bond motifs is 1. The van der Waals surface area contributed by atoms with Crippen LogP contribution in [0.2, 0.25) is 0 Å². The fraction of sp³-hybridized carbons (Fsp3) is 0.250. The van der Waals surface area contributed by atoms with Crippen LogP contribution in [0.25, 0.3) is 0 Å². The van der Waals surface area contributed by atoms with Crippen LogP contribution in [0.5, 0.6) is 0 Å². The van der Waals surface area contributed by atoms with E-state index in [1.807, 2.05) is 25.3 Å². The van der Waals surface area contributed by atoms with Gasteiger partial charge in [-0.25, -0.2) is 0 Å². The number of halogens is 3. The van der Waals surface area contributed by atoms with Gasteiger partial charge in [0, 0.05) is 29.2 Å². The monoisotopic (exact) mass is 475 g/mol. The van der Waals surface area contributed by atoms with E-state index in [1.165, 1.54) is 5.56 Å². The van der Waals surface area contributed by atoms with E-state index in [2.05, 4.69) is 40.1 Å². The van der Waals surface area contributed by atoms with Crippen LogP contribution in [0.1, 0.15) is 70.4 Å². The van der Waals surface area contributed by atoms with E-state index in [4.69, 9.17) is 0 Å². The second kappa shape index (κ2) is 10.1. The molecule has 0 fully saturated rings. The van der Waals surface area contributed by atoms with Gasteiger partial charge in [0.05, 0.1) is 11.3 Å². The predicted molar refractivity (Wildman–Crippen MR) is 131 cm³/mol. The molecule has 4 nitrogen and oxygen atoms in total. The molecule has 0 saturated carbocycles. The van der Waals surface area contributed by atoms with Gasteiger partial charge in [-0.15, -0.1) is 0 Å². The topological polar surface area (TPSA) is 54.4 Å². The van der Waals surface area contributed by atoms with E-state index in [9.17, 15) is 18.0 Å². The van der Waals surface area contributed by atoms with Crippen molar-refractivity contribution >= 4 is 23.5 Å². The summed E-state index contributed by atoms with van der Waals surface area (Å²) in [6.07, 6.45) is 1.59. The Bertz CT molecular complexity index is 1350. The van der Waals surface area contributed by atoms with Gasteiger partial charge in [0.1, 0.15) is 5.69 Å². The second-order valence-electron chi connectivity index (χ2n) is 8.47. The number of nitrogens with one attached hydrogen (secondary N) is 1. The van der Waals surface area contributed by atoms with Crippen LogP contribution in [0, 0.1) is 18.8 Å². The molecule has 1 aromatic heterocycles. The van der Waals surface area contributed by atoms with Crippen molar-refractivity contribution < 1.29 is 18.0 Å². The summed E-state index contributed by atoms with van der Waals surface area (Å²) in [5.74, 6) is 6.06. The first kappa shape index (κ1) is 24.2. The second-order valence-corrected chi connectivity index (χ2v) is 8.47. The molecule has 2 heterocycles. The molecular formula is C28H24F3N3O. The number of anilines is 1. The highest BCUT2D eigenvalue weighted by Gasteiger charge is 2.31. The molecule has 0 aliphatic carbocycles. The maximum Gasteiger partial charge on any atom is 0.416 e. The molecule has 0 radical (unpaired) electrons. The summed E-state index contributed by atoms with van der Waals surface area (Å²) in [4.78, 5) is 20.8. The van der Waals surface area contributed by atoms with Crippen molar-refractivity contribution in [1.29, 1.82) is 0 Å². The summed E-state index contributed by atoms with van der Waals surface area (Å²) in [5.41, 5.74) is 3.82. The maximum absolute atomic E-state index is 12.9. The van der Waals surface area contributed by atoms with Gasteiger partial charge in [0.15, 0.2) is 0 Å². The number of aromatic nitrogens is 1. The van der Waals surface area contributed by atoms with E-state index < -0.39 is 17.6 Å². The minimum atomic E-state index is -4.55. The van der Waals surface area contributed by atoms with Crippen molar-refractivity contribution in [2.45, 2.75) is 45.2 Å². The number of aliphatic imine (C=N–C) groups is 1. The molecule has 2 aromatic carbocycles. The number of carbonyl (C=O) groups excluding carboxylic acids is 1. The third-order valence-electron chi connectivity index (χ3n) is 5.88. The van der Waals surface area contributed by atoms with Gasteiger partial charge < -0.3 is 5.32 Å². The number of benzene rings is 2. The van der Waals surface area contributed by atoms with Crippen LogP contribution in [-0.2, 0) is 6.18 Å². The standard InChI is InChI=1S/C28H24F3N3O/c1-3-4-20-11-13-32-25-15-19(7-10-24(20)25)6-8-21-16-23(9-5-18(21)2)34-27(35)26-17-22(12-14-33-26)28(29,30)31/h5,7,9-10,12-17,20H,3-4,11H2,1-2H3,(H,34,35). The highest BCUT2D eigenvalue weighted by molar-refractivity contribution is 6.03. The van der Waals surface area contributed by atoms with Crippen LogP contribution in [-0.4, -0.2) is 17.1 Å². The lowest BCUT2D eigenvalue weighted by atomic mass is 9.88. The third kappa shape index (κ3) is 5.78. The Morgan fingerprint density at radius 1 is 1.11 bits per heavy atom. The summed E-state index contributed by atoms with van der Waals surface area (Å²) in [7, 11) is 0. The zero-order chi connectivity index (χ0) is 25.0. The molecule has 1 unspecified atom stereocenters. The minimum Gasteiger partial charge on any atom is -0.321 e. The van der Waals surface area contributed by atoms with Crippen molar-refractivity contribution in [3.8, 4) is 11.8 Å². The minimum absolute atomic E-state index is 0.316. The first-order chi connectivity index (χ1) is 16.7. The lowest BCUT2D eigenvalue weighted by Gasteiger charge is -2.20. The zero-order valence-corrected chi connectivity index (χ0v) is 19.4. The van der Waals surface area contributed by atoms with E-state index in [1.54, 1.807) is 18.2 Å². The summed E-state index contributed by atoms with van der Waals surface area (Å²) in [6.45, 7) is 4.08. The largest absolute Gasteiger partial charge is 0.416 e. The lowest BCUT2D eigenvalue weighted by Crippen LogP contribution is -2.15. The molecule has 4 rings (SSSR count). The van der Waals surface area contributed by atoms with Crippen molar-refractivity contribution in [2.24, 2.45) is 4.99 Å². The first-order valence-corrected chi connectivity index (χ1v) is 11.4. The average Bonchev–Trinajstić information content (AvgIpc) is 2.84. The molecule has 1 aliphatic rings. The van der Waals surface area contributed by atoms with E-state index >= 15 is 0 Å². The summed E-state index contributed by atoms with van der Waals surface area (Å²) in [5, 5.41) is 2.60. The van der Waals surface area contributed by atoms with Crippen LogP contribution in [0.3, 0.4) is 0 Å². The first-order valence-electron chi connectivity index (χ1n) is 11.4. The molecule has 1 atom stereocenters. The van der Waals surface area contributed by atoms with E-state index in [-0.39, 0.29) is 5.69 Å². The number of pyridine rings is 1. The number of rotatable bonds is 4. The van der Waals surface area contributed by atoms with Crippen LogP contribution < -0.4 is 5.32 Å². The van der Waals surface area contributed by atoms with Gasteiger partial charge in [-0.3, -0.25) is 14.8 Å². The number of carbonyl (C=O) groups is 1. The Kier molecular flexibility index (Phi) is 7.02. The van der Waals surface area contributed by atoms with Crippen molar-refractivity contribution in [3.05, 3.63) is 88.2 Å². The smallest absolute Gasteiger partial charge is 0.321 e. The fourth-order valence-corrected chi connectivity index (χ4v) is 4.01. The fourth-order valence-electron chi connectivity index (χ4n) is 4.01. The molecule has 0 saturated heterocycles. The molecule has 0 bridgehead atoms. The Morgan fingerprint density at radius 2 is 1.94 bits per heavy atom. The highest BCUT2D eigenvalue weighted by atomic mass is 19.4. The predicted octanol–water partition coefficient (Wildman–Crippen LogP) is 7.05. The maximum atomic E-state index is 12.9. The van der Waals surface area contributed by atoms with Crippen LogP contribution in [0.4, 0.5) is 24.5 Å². The number of nitrogens with zero attached hydrogens (tertiary/aromatic N) is 2. The van der Waals surface area contributed by atoms with Crippen LogP contribution >= 0.6 is 0 Å². The number of alkyl halides is 3. The molecule has 1 aliphatic heterocycles. The van der Waals surface area contributed by atoms with Crippen molar-refractivity contribution in [2.75, 3.05) is 5.32 Å². The summed E-state index contributed by atoms with van der Waals surface area (Å²) in [6, 6.07) is 12.8. The summed E-state index contributed by atoms with van der Waals surface area (Å²) < 4.78 is 38.8. The quantitative estimate of drug-likeness (QED) is 0.411.